The summed E-state index contributed by atoms with van der Waals surface area (Å²) in [5.41, 5.74) is -0.579. The molecule has 0 atom stereocenters. The van der Waals surface area contributed by atoms with Gasteiger partial charge in [-0.2, -0.15) is 10.2 Å². The van der Waals surface area contributed by atoms with E-state index in [1.165, 1.54) is 19.3 Å². The van der Waals surface area contributed by atoms with E-state index in [0.717, 1.165) is 16.9 Å². The minimum Gasteiger partial charge on any atom is -0.478 e. The van der Waals surface area contributed by atoms with Gasteiger partial charge in [-0.1, -0.05) is 0 Å². The van der Waals surface area contributed by atoms with Gasteiger partial charge in [0.2, 0.25) is 5.91 Å². The molecule has 8 heteroatoms. The Hall–Kier alpha value is -2.77. The topological polar surface area (TPSA) is 97.1 Å². The van der Waals surface area contributed by atoms with E-state index in [4.69, 9.17) is 5.11 Å². The number of benzene rings is 1. The van der Waals surface area contributed by atoms with E-state index in [9.17, 15) is 14.0 Å². The molecule has 0 radical (unpaired) electrons. The van der Waals surface area contributed by atoms with Crippen molar-refractivity contribution >= 4 is 17.6 Å². The number of aromatic carboxylic acids is 1. The first-order valence-corrected chi connectivity index (χ1v) is 5.20. The van der Waals surface area contributed by atoms with Gasteiger partial charge in [-0.05, 0) is 12.1 Å². The number of carboxylic acids is 1. The number of anilines is 1. The fraction of sp³-hybridized carbons (Fsp3) is 0.0909. The van der Waals surface area contributed by atoms with Crippen LogP contribution in [0.4, 0.5) is 10.1 Å². The minimum absolute atomic E-state index is 0.0540. The second-order valence-corrected chi connectivity index (χ2v) is 3.66. The van der Waals surface area contributed by atoms with Crippen LogP contribution in [0.15, 0.2) is 24.5 Å². The Labute approximate surface area is 106 Å². The summed E-state index contributed by atoms with van der Waals surface area (Å²) >= 11 is 0. The quantitative estimate of drug-likeness (QED) is 0.864. The standard InChI is InChI=1S/C11H9FN4O3/c1-6(17)15-7-4-8(11(18)19)10(9(12)5-7)16-13-2-3-14-16/h2-5H,1H3,(H,15,17)(H,18,19). The largest absolute Gasteiger partial charge is 0.478 e. The molecule has 0 aliphatic carbocycles. The number of aromatic nitrogens is 3. The maximum absolute atomic E-state index is 14.0. The van der Waals surface area contributed by atoms with Crippen LogP contribution in [0.3, 0.4) is 0 Å². The Morgan fingerprint density at radius 3 is 2.47 bits per heavy atom. The third kappa shape index (κ3) is 2.57. The van der Waals surface area contributed by atoms with Gasteiger partial charge < -0.3 is 10.4 Å². The number of nitrogens with one attached hydrogen (secondary N) is 1. The van der Waals surface area contributed by atoms with E-state index >= 15 is 0 Å². The number of halogens is 1. The average Bonchev–Trinajstić information content (AvgIpc) is 2.80. The third-order valence-electron chi connectivity index (χ3n) is 2.23. The third-order valence-corrected chi connectivity index (χ3v) is 2.23. The number of carbonyl (C=O) groups is 2. The van der Waals surface area contributed by atoms with Gasteiger partial charge in [0.1, 0.15) is 5.69 Å². The average molecular weight is 264 g/mol. The summed E-state index contributed by atoms with van der Waals surface area (Å²) in [5, 5.41) is 18.8. The molecule has 0 saturated heterocycles. The van der Waals surface area contributed by atoms with Crippen LogP contribution in [0.1, 0.15) is 17.3 Å². The summed E-state index contributed by atoms with van der Waals surface area (Å²) in [5.74, 6) is -2.63. The summed E-state index contributed by atoms with van der Waals surface area (Å²) in [7, 11) is 0. The highest BCUT2D eigenvalue weighted by molar-refractivity contribution is 5.95. The Morgan fingerprint density at radius 2 is 1.95 bits per heavy atom. The highest BCUT2D eigenvalue weighted by Gasteiger charge is 2.19. The lowest BCUT2D eigenvalue weighted by molar-refractivity contribution is -0.114. The second kappa shape index (κ2) is 4.84. The molecule has 7 nitrogen and oxygen atoms in total. The molecule has 1 aromatic heterocycles. The van der Waals surface area contributed by atoms with Crippen LogP contribution in [-0.2, 0) is 4.79 Å². The number of carbonyl (C=O) groups excluding carboxylic acids is 1. The van der Waals surface area contributed by atoms with E-state index in [0.29, 0.717) is 0 Å². The SMILES string of the molecule is CC(=O)Nc1cc(F)c(-n2nccn2)c(C(=O)O)c1. The van der Waals surface area contributed by atoms with Crippen LogP contribution in [0.25, 0.3) is 5.69 Å². The number of hydrogen-bond donors (Lipinski definition) is 2. The zero-order valence-electron chi connectivity index (χ0n) is 9.79. The molecule has 0 spiro atoms. The normalized spacial score (nSPS) is 10.2. The summed E-state index contributed by atoms with van der Waals surface area (Å²) in [4.78, 5) is 22.9. The second-order valence-electron chi connectivity index (χ2n) is 3.66. The predicted octanol–water partition coefficient (Wildman–Crippen LogP) is 1.06. The fourth-order valence-electron chi connectivity index (χ4n) is 1.57. The summed E-state index contributed by atoms with van der Waals surface area (Å²) in [6, 6.07) is 2.15. The van der Waals surface area contributed by atoms with Crippen molar-refractivity contribution in [1.29, 1.82) is 0 Å². The van der Waals surface area contributed by atoms with Crippen LogP contribution >= 0.6 is 0 Å². The molecule has 98 valence electrons. The van der Waals surface area contributed by atoms with E-state index in [1.54, 1.807) is 0 Å². The molecule has 1 amide bonds. The van der Waals surface area contributed by atoms with Gasteiger partial charge >= 0.3 is 5.97 Å². The Balaban J connectivity index is 2.61. The first kappa shape index (κ1) is 12.7. The van der Waals surface area contributed by atoms with Crippen molar-refractivity contribution in [2.75, 3.05) is 5.32 Å². The Kier molecular flexibility index (Phi) is 3.23. The van der Waals surface area contributed by atoms with Crippen molar-refractivity contribution in [3.8, 4) is 5.69 Å². The van der Waals surface area contributed by atoms with E-state index in [1.807, 2.05) is 0 Å². The van der Waals surface area contributed by atoms with Gasteiger partial charge in [0.25, 0.3) is 0 Å². The molecule has 0 saturated carbocycles. The highest BCUT2D eigenvalue weighted by Crippen LogP contribution is 2.22. The maximum atomic E-state index is 14.0. The lowest BCUT2D eigenvalue weighted by atomic mass is 10.1. The van der Waals surface area contributed by atoms with Gasteiger partial charge in [0, 0.05) is 12.6 Å². The maximum Gasteiger partial charge on any atom is 0.338 e. The number of hydrogen-bond acceptors (Lipinski definition) is 4. The summed E-state index contributed by atoms with van der Waals surface area (Å²) in [6.07, 6.45) is 2.60. The van der Waals surface area contributed by atoms with Crippen molar-refractivity contribution < 1.29 is 19.1 Å². The van der Waals surface area contributed by atoms with Gasteiger partial charge in [-0.25, -0.2) is 9.18 Å². The lowest BCUT2D eigenvalue weighted by Crippen LogP contribution is -2.13. The first-order chi connectivity index (χ1) is 8.99. The molecule has 2 rings (SSSR count). The van der Waals surface area contributed by atoms with Crippen LogP contribution in [-0.4, -0.2) is 32.0 Å². The molecule has 0 bridgehead atoms. The van der Waals surface area contributed by atoms with Crippen molar-refractivity contribution in [3.05, 3.63) is 35.9 Å². The van der Waals surface area contributed by atoms with E-state index < -0.39 is 17.7 Å². The number of nitrogens with zero attached hydrogens (tertiary/aromatic N) is 3. The van der Waals surface area contributed by atoms with Crippen molar-refractivity contribution in [2.45, 2.75) is 6.92 Å². The molecular weight excluding hydrogens is 255 g/mol. The Morgan fingerprint density at radius 1 is 1.32 bits per heavy atom. The molecular formula is C11H9FN4O3. The Bertz CT molecular complexity index is 640. The molecule has 1 heterocycles. The van der Waals surface area contributed by atoms with E-state index in [-0.39, 0.29) is 16.9 Å². The zero-order valence-corrected chi connectivity index (χ0v) is 9.79. The zero-order chi connectivity index (χ0) is 14.0. The lowest BCUT2D eigenvalue weighted by Gasteiger charge is -2.09. The molecule has 2 aromatic rings. The van der Waals surface area contributed by atoms with Crippen LogP contribution in [0.5, 0.6) is 0 Å². The molecule has 0 aliphatic heterocycles. The molecule has 2 N–H and O–H groups in total. The smallest absolute Gasteiger partial charge is 0.338 e. The molecule has 0 unspecified atom stereocenters. The molecule has 0 fully saturated rings. The minimum atomic E-state index is -1.35. The summed E-state index contributed by atoms with van der Waals surface area (Å²) < 4.78 is 14.0. The summed E-state index contributed by atoms with van der Waals surface area (Å²) in [6.45, 7) is 1.24. The number of rotatable bonds is 3. The fourth-order valence-corrected chi connectivity index (χ4v) is 1.57. The monoisotopic (exact) mass is 264 g/mol. The molecule has 0 aliphatic rings. The van der Waals surface area contributed by atoms with Crippen molar-refractivity contribution in [1.82, 2.24) is 15.0 Å². The van der Waals surface area contributed by atoms with Crippen molar-refractivity contribution in [2.24, 2.45) is 0 Å². The van der Waals surface area contributed by atoms with Gasteiger partial charge in [0.15, 0.2) is 5.82 Å². The number of carboxylic acid groups (broad SMARTS) is 1. The first-order valence-electron chi connectivity index (χ1n) is 5.20. The van der Waals surface area contributed by atoms with Gasteiger partial charge in [0.05, 0.1) is 18.0 Å². The van der Waals surface area contributed by atoms with Crippen LogP contribution in [0.2, 0.25) is 0 Å². The van der Waals surface area contributed by atoms with Crippen molar-refractivity contribution in [3.63, 3.8) is 0 Å². The van der Waals surface area contributed by atoms with Crippen LogP contribution < -0.4 is 5.32 Å². The molecule has 19 heavy (non-hydrogen) atoms. The predicted molar refractivity (Wildman–Crippen MR) is 62.6 cm³/mol. The number of amides is 1. The van der Waals surface area contributed by atoms with Gasteiger partial charge in [-0.15, -0.1) is 4.80 Å². The van der Waals surface area contributed by atoms with Crippen LogP contribution in [0, 0.1) is 5.82 Å². The molecule has 1 aromatic carbocycles. The van der Waals surface area contributed by atoms with Gasteiger partial charge in [-0.3, -0.25) is 4.79 Å². The van der Waals surface area contributed by atoms with E-state index in [2.05, 4.69) is 15.5 Å². The highest BCUT2D eigenvalue weighted by atomic mass is 19.1.